The molecule has 5 nitrogen and oxygen atoms in total. The minimum absolute atomic E-state index is 0.0392. The number of aromatic hydroxyl groups is 1. The number of phenols is 1. The fourth-order valence-electron chi connectivity index (χ4n) is 5.40. The van der Waals surface area contributed by atoms with Crippen LogP contribution in [0.2, 0.25) is 0 Å². The molecule has 3 unspecified atom stereocenters. The Kier molecular flexibility index (Phi) is 5.12. The van der Waals surface area contributed by atoms with Crippen molar-refractivity contribution in [3.05, 3.63) is 65.2 Å². The van der Waals surface area contributed by atoms with Crippen molar-refractivity contribution in [1.29, 1.82) is 0 Å². The number of likely N-dealkylation sites (tertiary alicyclic amines) is 1. The van der Waals surface area contributed by atoms with Gasteiger partial charge in [-0.2, -0.15) is 0 Å². The van der Waals surface area contributed by atoms with Crippen molar-refractivity contribution in [3.63, 3.8) is 0 Å². The normalized spacial score (nSPS) is 25.0. The van der Waals surface area contributed by atoms with E-state index in [0.29, 0.717) is 17.6 Å². The average molecular weight is 419 g/mol. The Labute approximate surface area is 183 Å². The van der Waals surface area contributed by atoms with Crippen LogP contribution in [0, 0.1) is 11.8 Å². The van der Waals surface area contributed by atoms with Gasteiger partial charge in [-0.1, -0.05) is 37.3 Å². The summed E-state index contributed by atoms with van der Waals surface area (Å²) in [5.41, 5.74) is 3.99. The summed E-state index contributed by atoms with van der Waals surface area (Å²) in [4.78, 5) is 15.5. The molecule has 1 fully saturated rings. The molecule has 1 amide bonds. The van der Waals surface area contributed by atoms with Crippen LogP contribution in [-0.4, -0.2) is 36.1 Å². The number of rotatable bonds is 3. The number of anilines is 1. The molecule has 2 N–H and O–H groups in total. The lowest BCUT2D eigenvalue weighted by atomic mass is 9.76. The number of nitrogens with zero attached hydrogens (tertiary/aromatic N) is 1. The van der Waals surface area contributed by atoms with Gasteiger partial charge in [-0.15, -0.1) is 0 Å². The molecular weight excluding hydrogens is 388 g/mol. The van der Waals surface area contributed by atoms with Gasteiger partial charge in [0.2, 0.25) is 0 Å². The van der Waals surface area contributed by atoms with Crippen molar-refractivity contribution >= 4 is 11.6 Å². The molecule has 5 rings (SSSR count). The van der Waals surface area contributed by atoms with E-state index in [-0.39, 0.29) is 23.6 Å². The monoisotopic (exact) mass is 418 g/mol. The molecule has 2 aromatic carbocycles. The molecule has 0 bridgehead atoms. The number of hydrogen-bond donors (Lipinski definition) is 2. The van der Waals surface area contributed by atoms with Gasteiger partial charge in [0, 0.05) is 19.0 Å². The number of methoxy groups -OCH3 is 1. The molecule has 0 saturated carbocycles. The van der Waals surface area contributed by atoms with Gasteiger partial charge in [0.25, 0.3) is 5.91 Å². The van der Waals surface area contributed by atoms with Gasteiger partial charge in [0.1, 0.15) is 0 Å². The number of hydrogen-bond acceptors (Lipinski definition) is 4. The first kappa shape index (κ1) is 20.0. The second-order valence-electron chi connectivity index (χ2n) is 9.15. The standard InChI is InChI=1S/C26H30N2O3/c1-16-11-13-28(14-12-16)26(30)21-8-4-7-20-18-5-3-6-19(18)24(27-25(20)21)17-9-10-22(29)23(15-17)31-2/h3-5,7-10,15-16,18-19,24,27,29H,6,11-14H2,1-2H3. The van der Waals surface area contributed by atoms with Gasteiger partial charge in [-0.3, -0.25) is 4.79 Å². The number of carbonyl (C=O) groups excluding carboxylic acids is 1. The number of allylic oxidation sites excluding steroid dienone is 2. The van der Waals surface area contributed by atoms with Crippen molar-refractivity contribution < 1.29 is 14.6 Å². The molecule has 162 valence electrons. The lowest BCUT2D eigenvalue weighted by Crippen LogP contribution is -2.39. The van der Waals surface area contributed by atoms with E-state index in [1.54, 1.807) is 13.2 Å². The number of piperidine rings is 1. The van der Waals surface area contributed by atoms with Gasteiger partial charge in [0.15, 0.2) is 11.5 Å². The number of ether oxygens (including phenoxy) is 1. The Hall–Kier alpha value is -2.95. The van der Waals surface area contributed by atoms with E-state index in [0.717, 1.165) is 49.2 Å². The summed E-state index contributed by atoms with van der Waals surface area (Å²) in [6, 6.07) is 11.7. The van der Waals surface area contributed by atoms with Crippen molar-refractivity contribution in [2.75, 3.05) is 25.5 Å². The van der Waals surface area contributed by atoms with E-state index in [1.165, 1.54) is 5.56 Å². The first-order valence-electron chi connectivity index (χ1n) is 11.3. The van der Waals surface area contributed by atoms with Crippen LogP contribution in [0.3, 0.4) is 0 Å². The molecule has 1 saturated heterocycles. The number of phenolic OH excluding ortho intramolecular Hbond substituents is 1. The number of benzene rings is 2. The molecule has 5 heteroatoms. The predicted octanol–water partition coefficient (Wildman–Crippen LogP) is 5.10. The first-order valence-corrected chi connectivity index (χ1v) is 11.3. The maximum absolute atomic E-state index is 13.5. The molecule has 3 aliphatic rings. The Morgan fingerprint density at radius 3 is 2.77 bits per heavy atom. The quantitative estimate of drug-likeness (QED) is 0.681. The first-order chi connectivity index (χ1) is 15.1. The van der Waals surface area contributed by atoms with Crippen molar-refractivity contribution in [2.45, 2.75) is 38.1 Å². The van der Waals surface area contributed by atoms with Gasteiger partial charge in [-0.25, -0.2) is 0 Å². The Bertz CT molecular complexity index is 1020. The molecule has 31 heavy (non-hydrogen) atoms. The van der Waals surface area contributed by atoms with Gasteiger partial charge in [-0.05, 0) is 60.4 Å². The molecule has 1 aliphatic carbocycles. The van der Waals surface area contributed by atoms with Crippen LogP contribution in [0.15, 0.2) is 48.6 Å². The number of para-hydroxylation sites is 1. The number of amides is 1. The zero-order valence-corrected chi connectivity index (χ0v) is 18.2. The van der Waals surface area contributed by atoms with E-state index in [9.17, 15) is 9.90 Å². The zero-order chi connectivity index (χ0) is 21.5. The van der Waals surface area contributed by atoms with Crippen molar-refractivity contribution in [3.8, 4) is 11.5 Å². The van der Waals surface area contributed by atoms with Crippen LogP contribution in [-0.2, 0) is 0 Å². The van der Waals surface area contributed by atoms with Crippen LogP contribution in [0.25, 0.3) is 0 Å². The summed E-state index contributed by atoms with van der Waals surface area (Å²) < 4.78 is 5.35. The van der Waals surface area contributed by atoms with Crippen molar-refractivity contribution in [1.82, 2.24) is 4.90 Å². The highest BCUT2D eigenvalue weighted by atomic mass is 16.5. The second-order valence-corrected chi connectivity index (χ2v) is 9.15. The molecule has 2 aromatic rings. The summed E-state index contributed by atoms with van der Waals surface area (Å²) in [6.45, 7) is 3.92. The Morgan fingerprint density at radius 2 is 2.00 bits per heavy atom. The SMILES string of the molecule is COc1cc(C2Nc3c(C(=O)N4CCC(C)CC4)cccc3C3C=CCC32)ccc1O. The van der Waals surface area contributed by atoms with Gasteiger partial charge >= 0.3 is 0 Å². The lowest BCUT2D eigenvalue weighted by Gasteiger charge is -2.39. The second kappa shape index (κ2) is 7.95. The summed E-state index contributed by atoms with van der Waals surface area (Å²) in [6.07, 6.45) is 7.64. The van der Waals surface area contributed by atoms with E-state index in [4.69, 9.17) is 4.74 Å². The molecular formula is C26H30N2O3. The summed E-state index contributed by atoms with van der Waals surface area (Å²) in [5.74, 6) is 2.06. The number of carbonyl (C=O) groups is 1. The van der Waals surface area contributed by atoms with Crippen LogP contribution in [0.5, 0.6) is 11.5 Å². The number of fused-ring (bicyclic) bond motifs is 3. The Morgan fingerprint density at radius 1 is 1.19 bits per heavy atom. The summed E-state index contributed by atoms with van der Waals surface area (Å²) in [7, 11) is 1.57. The van der Waals surface area contributed by atoms with Gasteiger partial charge in [0.05, 0.1) is 24.4 Å². The van der Waals surface area contributed by atoms with Crippen LogP contribution >= 0.6 is 0 Å². The fourth-order valence-corrected chi connectivity index (χ4v) is 5.40. The fraction of sp³-hybridized carbons (Fsp3) is 0.423. The third-order valence-corrected chi connectivity index (χ3v) is 7.26. The highest BCUT2D eigenvalue weighted by molar-refractivity contribution is 6.01. The van der Waals surface area contributed by atoms with E-state index in [1.807, 2.05) is 29.2 Å². The molecule has 0 aromatic heterocycles. The van der Waals surface area contributed by atoms with Gasteiger partial charge < -0.3 is 20.1 Å². The highest BCUT2D eigenvalue weighted by Crippen LogP contribution is 2.51. The predicted molar refractivity (Wildman–Crippen MR) is 122 cm³/mol. The minimum Gasteiger partial charge on any atom is -0.504 e. The molecule has 0 radical (unpaired) electrons. The zero-order valence-electron chi connectivity index (χ0n) is 18.2. The summed E-state index contributed by atoms with van der Waals surface area (Å²) >= 11 is 0. The molecule has 2 aliphatic heterocycles. The van der Waals surface area contributed by atoms with Crippen LogP contribution in [0.1, 0.15) is 59.6 Å². The minimum atomic E-state index is 0.0392. The van der Waals surface area contributed by atoms with E-state index in [2.05, 4.69) is 30.5 Å². The largest absolute Gasteiger partial charge is 0.504 e. The summed E-state index contributed by atoms with van der Waals surface area (Å²) in [5, 5.41) is 13.8. The average Bonchev–Trinajstić information content (AvgIpc) is 3.29. The topological polar surface area (TPSA) is 61.8 Å². The maximum Gasteiger partial charge on any atom is 0.255 e. The lowest BCUT2D eigenvalue weighted by molar-refractivity contribution is 0.0698. The number of nitrogens with one attached hydrogen (secondary N) is 1. The van der Waals surface area contributed by atoms with E-state index >= 15 is 0 Å². The van der Waals surface area contributed by atoms with Crippen molar-refractivity contribution in [2.24, 2.45) is 11.8 Å². The van der Waals surface area contributed by atoms with E-state index < -0.39 is 0 Å². The highest BCUT2D eigenvalue weighted by Gasteiger charge is 2.40. The third-order valence-electron chi connectivity index (χ3n) is 7.26. The van der Waals surface area contributed by atoms with Crippen LogP contribution in [0.4, 0.5) is 5.69 Å². The molecule has 3 atom stereocenters. The maximum atomic E-state index is 13.5. The third kappa shape index (κ3) is 3.46. The van der Waals surface area contributed by atoms with Crippen LogP contribution < -0.4 is 10.1 Å². The molecule has 0 spiro atoms. The molecule has 2 heterocycles. The Balaban J connectivity index is 1.53. The smallest absolute Gasteiger partial charge is 0.255 e.